The van der Waals surface area contributed by atoms with Crippen molar-refractivity contribution in [1.29, 1.82) is 5.41 Å². The fraction of sp³-hybridized carbons (Fsp3) is 0.333. The van der Waals surface area contributed by atoms with Crippen LogP contribution in [0.2, 0.25) is 0 Å². The second kappa shape index (κ2) is 11.6. The number of aromatic nitrogens is 2. The summed E-state index contributed by atoms with van der Waals surface area (Å²) in [5.41, 5.74) is 9.04. The molecular weight excluding hydrogens is 454 g/mol. The first-order valence-electron chi connectivity index (χ1n) is 12.1. The highest BCUT2D eigenvalue weighted by molar-refractivity contribution is 6.16. The molecule has 0 saturated heterocycles. The monoisotopic (exact) mass is 487 g/mol. The van der Waals surface area contributed by atoms with E-state index in [1.165, 1.54) is 6.33 Å². The number of nitrogens with two attached hydrogens (primary N) is 1. The Labute approximate surface area is 211 Å². The van der Waals surface area contributed by atoms with Crippen molar-refractivity contribution in [2.75, 3.05) is 25.2 Å². The third-order valence-electron chi connectivity index (χ3n) is 6.65. The summed E-state index contributed by atoms with van der Waals surface area (Å²) in [6.07, 6.45) is 5.67. The minimum Gasteiger partial charge on any atom is -0.496 e. The summed E-state index contributed by atoms with van der Waals surface area (Å²) < 4.78 is 5.27. The van der Waals surface area contributed by atoms with Gasteiger partial charge < -0.3 is 26.4 Å². The molecule has 6 N–H and O–H groups in total. The number of nitrogen functional groups attached to an aromatic ring is 1. The molecular formula is C27H33N7O2. The van der Waals surface area contributed by atoms with Crippen LogP contribution in [0, 0.1) is 5.41 Å². The lowest BCUT2D eigenvalue weighted by atomic mass is 9.91. The van der Waals surface area contributed by atoms with Gasteiger partial charge in [-0.3, -0.25) is 10.2 Å². The van der Waals surface area contributed by atoms with Crippen LogP contribution in [0.15, 0.2) is 54.9 Å². The Morgan fingerprint density at radius 2 is 1.75 bits per heavy atom. The predicted molar refractivity (Wildman–Crippen MR) is 142 cm³/mol. The van der Waals surface area contributed by atoms with Gasteiger partial charge >= 0.3 is 0 Å². The molecule has 1 aromatic heterocycles. The molecule has 4 rings (SSSR count). The zero-order valence-electron chi connectivity index (χ0n) is 20.7. The Hall–Kier alpha value is -3.98. The van der Waals surface area contributed by atoms with Crippen molar-refractivity contribution in [3.05, 3.63) is 77.1 Å². The number of methoxy groups -OCH3 is 1. The molecule has 188 valence electrons. The van der Waals surface area contributed by atoms with E-state index in [-0.39, 0.29) is 23.5 Å². The third kappa shape index (κ3) is 5.80. The second-order valence-electron chi connectivity index (χ2n) is 8.92. The summed E-state index contributed by atoms with van der Waals surface area (Å²) in [5.74, 6) is 1.18. The van der Waals surface area contributed by atoms with Crippen molar-refractivity contribution in [1.82, 2.24) is 20.6 Å². The van der Waals surface area contributed by atoms with E-state index in [0.29, 0.717) is 40.8 Å². The van der Waals surface area contributed by atoms with E-state index in [9.17, 15) is 4.79 Å². The smallest absolute Gasteiger partial charge is 0.255 e. The Bertz CT molecular complexity index is 1200. The largest absolute Gasteiger partial charge is 0.496 e. The zero-order chi connectivity index (χ0) is 25.5. The van der Waals surface area contributed by atoms with Crippen LogP contribution in [-0.2, 0) is 6.54 Å². The number of hydrogen-bond acceptors (Lipinski definition) is 8. The molecule has 9 nitrogen and oxygen atoms in total. The lowest BCUT2D eigenvalue weighted by molar-refractivity contribution is 0.0948. The molecule has 1 heterocycles. The normalized spacial score (nSPS) is 17.3. The molecule has 0 atom stereocenters. The number of amides is 1. The number of anilines is 2. The molecule has 1 fully saturated rings. The Kier molecular flexibility index (Phi) is 8.12. The van der Waals surface area contributed by atoms with Crippen LogP contribution in [0.1, 0.15) is 52.7 Å². The van der Waals surface area contributed by atoms with Gasteiger partial charge in [0, 0.05) is 24.2 Å². The number of ether oxygens (including phenoxy) is 1. The Morgan fingerprint density at radius 1 is 1.06 bits per heavy atom. The van der Waals surface area contributed by atoms with Crippen molar-refractivity contribution in [2.24, 2.45) is 0 Å². The SMILES string of the molecule is CNC1CCC(Nc2ncnc(N)c2C(=N)c2ccc(CNC(=O)c3ccccc3OC)cc2)CC1. The Balaban J connectivity index is 1.43. The van der Waals surface area contributed by atoms with Gasteiger partial charge in [0.25, 0.3) is 5.91 Å². The van der Waals surface area contributed by atoms with Gasteiger partial charge in [0.2, 0.25) is 0 Å². The molecule has 9 heteroatoms. The van der Waals surface area contributed by atoms with E-state index in [1.807, 2.05) is 37.4 Å². The van der Waals surface area contributed by atoms with Gasteiger partial charge in [-0.15, -0.1) is 0 Å². The van der Waals surface area contributed by atoms with E-state index in [0.717, 1.165) is 31.2 Å². The molecule has 1 aliphatic carbocycles. The van der Waals surface area contributed by atoms with Crippen LogP contribution in [0.3, 0.4) is 0 Å². The van der Waals surface area contributed by atoms with Gasteiger partial charge in [0.15, 0.2) is 0 Å². The van der Waals surface area contributed by atoms with Crippen LogP contribution in [-0.4, -0.2) is 47.8 Å². The van der Waals surface area contributed by atoms with Crippen LogP contribution in [0.25, 0.3) is 0 Å². The summed E-state index contributed by atoms with van der Waals surface area (Å²) >= 11 is 0. The fourth-order valence-corrected chi connectivity index (χ4v) is 4.52. The first-order valence-corrected chi connectivity index (χ1v) is 12.1. The van der Waals surface area contributed by atoms with Gasteiger partial charge in [0.05, 0.1) is 23.9 Å². The number of hydrogen-bond donors (Lipinski definition) is 5. The molecule has 1 saturated carbocycles. The van der Waals surface area contributed by atoms with E-state index in [4.69, 9.17) is 15.9 Å². The average molecular weight is 488 g/mol. The van der Waals surface area contributed by atoms with E-state index < -0.39 is 0 Å². The van der Waals surface area contributed by atoms with Crippen LogP contribution < -0.4 is 26.4 Å². The summed E-state index contributed by atoms with van der Waals surface area (Å²) in [6.45, 7) is 0.350. The molecule has 3 aromatic rings. The molecule has 0 unspecified atom stereocenters. The number of rotatable bonds is 9. The van der Waals surface area contributed by atoms with Crippen LogP contribution in [0.5, 0.6) is 5.75 Å². The number of carbonyl (C=O) groups is 1. The molecule has 0 bridgehead atoms. The minimum absolute atomic E-state index is 0.210. The van der Waals surface area contributed by atoms with Gasteiger partial charge in [-0.25, -0.2) is 9.97 Å². The summed E-state index contributed by atoms with van der Waals surface area (Å²) in [6, 6.07) is 15.4. The topological polar surface area (TPSA) is 138 Å². The number of carbonyl (C=O) groups excluding carboxylic acids is 1. The van der Waals surface area contributed by atoms with Gasteiger partial charge in [0.1, 0.15) is 23.7 Å². The first kappa shape index (κ1) is 25.1. The summed E-state index contributed by atoms with van der Waals surface area (Å²) in [4.78, 5) is 21.1. The molecule has 1 aliphatic rings. The second-order valence-corrected chi connectivity index (χ2v) is 8.92. The van der Waals surface area contributed by atoms with Gasteiger partial charge in [-0.05, 0) is 50.4 Å². The lowest BCUT2D eigenvalue weighted by Crippen LogP contribution is -2.35. The van der Waals surface area contributed by atoms with Crippen molar-refractivity contribution >= 4 is 23.3 Å². The zero-order valence-corrected chi connectivity index (χ0v) is 20.7. The van der Waals surface area contributed by atoms with Crippen LogP contribution >= 0.6 is 0 Å². The maximum absolute atomic E-state index is 12.6. The number of para-hydroxylation sites is 1. The molecule has 2 aromatic carbocycles. The van der Waals surface area contributed by atoms with Gasteiger partial charge in [-0.2, -0.15) is 0 Å². The van der Waals surface area contributed by atoms with Crippen molar-refractivity contribution in [3.8, 4) is 5.75 Å². The molecule has 0 spiro atoms. The maximum Gasteiger partial charge on any atom is 0.255 e. The maximum atomic E-state index is 12.6. The highest BCUT2D eigenvalue weighted by atomic mass is 16.5. The Morgan fingerprint density at radius 3 is 2.44 bits per heavy atom. The van der Waals surface area contributed by atoms with Gasteiger partial charge in [-0.1, -0.05) is 36.4 Å². The molecule has 36 heavy (non-hydrogen) atoms. The number of nitrogens with one attached hydrogen (secondary N) is 4. The number of benzene rings is 2. The summed E-state index contributed by atoms with van der Waals surface area (Å²) in [5, 5.41) is 18.6. The highest BCUT2D eigenvalue weighted by Gasteiger charge is 2.23. The standard InChI is InChI=1S/C27H33N7O2/c1-30-19-11-13-20(14-12-19)34-26-23(25(29)32-16-33-26)24(28)18-9-7-17(8-10-18)15-31-27(35)21-5-3-4-6-22(21)36-2/h3-10,16,19-20,28,30H,11-15H2,1-2H3,(H,31,35)(H3,29,32,33,34). The van der Waals surface area contributed by atoms with E-state index in [1.54, 1.807) is 25.3 Å². The minimum atomic E-state index is -0.210. The van der Waals surface area contributed by atoms with E-state index in [2.05, 4.69) is 25.9 Å². The highest BCUT2D eigenvalue weighted by Crippen LogP contribution is 2.26. The third-order valence-corrected chi connectivity index (χ3v) is 6.65. The first-order chi connectivity index (χ1) is 17.5. The number of nitrogens with zero attached hydrogens (tertiary/aromatic N) is 2. The fourth-order valence-electron chi connectivity index (χ4n) is 4.52. The predicted octanol–water partition coefficient (Wildman–Crippen LogP) is 3.36. The van der Waals surface area contributed by atoms with Crippen molar-refractivity contribution in [3.63, 3.8) is 0 Å². The van der Waals surface area contributed by atoms with Crippen molar-refractivity contribution < 1.29 is 9.53 Å². The lowest BCUT2D eigenvalue weighted by Gasteiger charge is -2.29. The van der Waals surface area contributed by atoms with E-state index >= 15 is 0 Å². The molecule has 0 aliphatic heterocycles. The van der Waals surface area contributed by atoms with Crippen molar-refractivity contribution in [2.45, 2.75) is 44.3 Å². The summed E-state index contributed by atoms with van der Waals surface area (Å²) in [7, 11) is 3.54. The molecule has 1 amide bonds. The molecule has 0 radical (unpaired) electrons. The quantitative estimate of drug-likeness (QED) is 0.292. The van der Waals surface area contributed by atoms with Crippen LogP contribution in [0.4, 0.5) is 11.6 Å². The average Bonchev–Trinajstić information content (AvgIpc) is 2.92.